The van der Waals surface area contributed by atoms with Crippen LogP contribution in [0.4, 0.5) is 11.4 Å². The molecule has 0 heterocycles. The highest BCUT2D eigenvalue weighted by Crippen LogP contribution is 2.39. The Bertz CT molecular complexity index is 1200. The molecule has 3 aromatic carbocycles. The van der Waals surface area contributed by atoms with E-state index < -0.39 is 0 Å². The zero-order chi connectivity index (χ0) is 22.8. The molecule has 0 saturated heterocycles. The molecule has 1 aliphatic carbocycles. The first-order valence-corrected chi connectivity index (χ1v) is 11.0. The van der Waals surface area contributed by atoms with E-state index in [1.54, 1.807) is 0 Å². The molecule has 32 heavy (non-hydrogen) atoms. The molecule has 0 amide bonds. The molecule has 0 bridgehead atoms. The molecule has 3 heteroatoms. The molecule has 0 atom stereocenters. The van der Waals surface area contributed by atoms with E-state index >= 15 is 0 Å². The van der Waals surface area contributed by atoms with Crippen molar-refractivity contribution >= 4 is 28.6 Å². The standard InChI is InChI=1S/C29H32N3/c1-30(2)24-14-8-22(9-15-24)29(23-10-16-25(17-11-23)31(3)4)28-19-12-21-7-13-26(32(5)6)18-20-27(21)28/h7-20H,1-6H3/q+1. The number of hydrogen-bond donors (Lipinski definition) is 0. The SMILES string of the molecule is CN(C)c1ccc(C(=C2C=Cc3ccc(=[N+](C)C)ccc32)c2ccc(N(C)C)cc2)cc1. The van der Waals surface area contributed by atoms with Crippen LogP contribution < -0.4 is 19.7 Å². The molecular formula is C29H32N3+. The number of rotatable bonds is 4. The van der Waals surface area contributed by atoms with Crippen molar-refractivity contribution in [3.8, 4) is 0 Å². The normalized spacial score (nSPS) is 11.9. The van der Waals surface area contributed by atoms with Crippen LogP contribution in [0, 0.1) is 0 Å². The molecule has 0 aromatic heterocycles. The van der Waals surface area contributed by atoms with Gasteiger partial charge < -0.3 is 9.80 Å². The van der Waals surface area contributed by atoms with Crippen molar-refractivity contribution in [2.75, 3.05) is 52.1 Å². The molecule has 0 aliphatic heterocycles. The molecule has 4 rings (SSSR count). The number of fused-ring (bicyclic) bond motifs is 1. The Morgan fingerprint density at radius 1 is 0.594 bits per heavy atom. The van der Waals surface area contributed by atoms with Crippen molar-refractivity contribution in [1.29, 1.82) is 0 Å². The van der Waals surface area contributed by atoms with Crippen molar-refractivity contribution in [3.63, 3.8) is 0 Å². The van der Waals surface area contributed by atoms with Gasteiger partial charge in [-0.25, -0.2) is 4.58 Å². The molecule has 0 spiro atoms. The van der Waals surface area contributed by atoms with Gasteiger partial charge in [0, 0.05) is 51.7 Å². The second-order valence-corrected chi connectivity index (χ2v) is 8.86. The van der Waals surface area contributed by atoms with Crippen LogP contribution in [0.2, 0.25) is 0 Å². The second kappa shape index (κ2) is 8.88. The summed E-state index contributed by atoms with van der Waals surface area (Å²) < 4.78 is 2.14. The van der Waals surface area contributed by atoms with Crippen LogP contribution in [0.5, 0.6) is 0 Å². The van der Waals surface area contributed by atoms with Gasteiger partial charge in [-0.1, -0.05) is 36.4 Å². The monoisotopic (exact) mass is 422 g/mol. The lowest BCUT2D eigenvalue weighted by atomic mass is 9.90. The summed E-state index contributed by atoms with van der Waals surface area (Å²) in [4.78, 5) is 4.27. The third kappa shape index (κ3) is 4.24. The minimum absolute atomic E-state index is 1.19. The van der Waals surface area contributed by atoms with Gasteiger partial charge in [-0.3, -0.25) is 0 Å². The molecule has 3 aromatic rings. The van der Waals surface area contributed by atoms with E-state index in [-0.39, 0.29) is 0 Å². The lowest BCUT2D eigenvalue weighted by Crippen LogP contribution is -2.19. The van der Waals surface area contributed by atoms with Gasteiger partial charge in [0.25, 0.3) is 0 Å². The maximum absolute atomic E-state index is 2.26. The van der Waals surface area contributed by atoms with Gasteiger partial charge in [0.1, 0.15) is 14.1 Å². The molecule has 0 saturated carbocycles. The van der Waals surface area contributed by atoms with Gasteiger partial charge >= 0.3 is 0 Å². The van der Waals surface area contributed by atoms with Crippen LogP contribution in [0.25, 0.3) is 17.2 Å². The summed E-state index contributed by atoms with van der Waals surface area (Å²) >= 11 is 0. The zero-order valence-electron chi connectivity index (χ0n) is 19.9. The summed E-state index contributed by atoms with van der Waals surface area (Å²) in [5, 5.41) is 1.19. The van der Waals surface area contributed by atoms with Crippen molar-refractivity contribution < 1.29 is 0 Å². The van der Waals surface area contributed by atoms with E-state index in [1.807, 2.05) is 0 Å². The summed E-state index contributed by atoms with van der Waals surface area (Å²) in [7, 11) is 12.5. The molecule has 162 valence electrons. The Balaban J connectivity index is 1.95. The zero-order valence-corrected chi connectivity index (χ0v) is 19.9. The van der Waals surface area contributed by atoms with E-state index in [0.717, 1.165) is 0 Å². The van der Waals surface area contributed by atoms with Crippen molar-refractivity contribution in [2.24, 2.45) is 0 Å². The molecule has 0 N–H and O–H groups in total. The predicted molar refractivity (Wildman–Crippen MR) is 140 cm³/mol. The maximum atomic E-state index is 2.26. The number of nitrogens with zero attached hydrogens (tertiary/aromatic N) is 3. The van der Waals surface area contributed by atoms with Crippen molar-refractivity contribution in [1.82, 2.24) is 4.58 Å². The minimum atomic E-state index is 1.19. The number of hydrogen-bond acceptors (Lipinski definition) is 2. The lowest BCUT2D eigenvalue weighted by Gasteiger charge is -2.18. The van der Waals surface area contributed by atoms with Gasteiger partial charge in [0.05, 0.1) is 0 Å². The van der Waals surface area contributed by atoms with Crippen molar-refractivity contribution in [3.05, 3.63) is 106 Å². The van der Waals surface area contributed by atoms with Gasteiger partial charge in [0.2, 0.25) is 0 Å². The lowest BCUT2D eigenvalue weighted by molar-refractivity contribution is 0.814. The Hall–Kier alpha value is -3.59. The van der Waals surface area contributed by atoms with Gasteiger partial charge in [-0.2, -0.15) is 0 Å². The Labute approximate surface area is 191 Å². The summed E-state index contributed by atoms with van der Waals surface area (Å²) in [5.74, 6) is 0. The number of benzene rings is 2. The summed E-state index contributed by atoms with van der Waals surface area (Å²) in [6.45, 7) is 0. The fraction of sp³-hybridized carbons (Fsp3) is 0.207. The minimum Gasteiger partial charge on any atom is -0.378 e. The average molecular weight is 423 g/mol. The molecule has 3 nitrogen and oxygen atoms in total. The van der Waals surface area contributed by atoms with Crippen LogP contribution in [-0.2, 0) is 0 Å². The fourth-order valence-electron chi connectivity index (χ4n) is 4.09. The summed E-state index contributed by atoms with van der Waals surface area (Å²) in [6.07, 6.45) is 4.49. The Kier molecular flexibility index (Phi) is 6.00. The Morgan fingerprint density at radius 3 is 1.56 bits per heavy atom. The van der Waals surface area contributed by atoms with Gasteiger partial charge in [-0.05, 0) is 69.8 Å². The fourth-order valence-corrected chi connectivity index (χ4v) is 4.09. The third-order valence-corrected chi connectivity index (χ3v) is 6.02. The second-order valence-electron chi connectivity index (χ2n) is 8.86. The van der Waals surface area contributed by atoms with E-state index in [2.05, 4.69) is 142 Å². The topological polar surface area (TPSA) is 9.49 Å². The molecular weight excluding hydrogens is 390 g/mol. The van der Waals surface area contributed by atoms with E-state index in [4.69, 9.17) is 0 Å². The Morgan fingerprint density at radius 2 is 1.09 bits per heavy atom. The van der Waals surface area contributed by atoms with Crippen LogP contribution in [0.1, 0.15) is 22.3 Å². The third-order valence-electron chi connectivity index (χ3n) is 6.02. The number of allylic oxidation sites excluding steroid dienone is 2. The first-order chi connectivity index (χ1) is 15.3. The maximum Gasteiger partial charge on any atom is 0.199 e. The average Bonchev–Trinajstić information content (AvgIpc) is 3.04. The first-order valence-electron chi connectivity index (χ1n) is 11.0. The van der Waals surface area contributed by atoms with Crippen LogP contribution in [-0.4, -0.2) is 42.3 Å². The summed E-state index contributed by atoms with van der Waals surface area (Å²) in [5.41, 5.74) is 9.88. The van der Waals surface area contributed by atoms with Gasteiger partial charge in [-0.15, -0.1) is 0 Å². The first kappa shape index (κ1) is 21.6. The molecule has 0 fully saturated rings. The van der Waals surface area contributed by atoms with Gasteiger partial charge in [0.15, 0.2) is 5.36 Å². The van der Waals surface area contributed by atoms with Crippen LogP contribution in [0.15, 0.2) is 78.9 Å². The van der Waals surface area contributed by atoms with E-state index in [1.165, 1.54) is 50.1 Å². The quantitative estimate of drug-likeness (QED) is 0.557. The molecule has 0 radical (unpaired) electrons. The van der Waals surface area contributed by atoms with Crippen LogP contribution >= 0.6 is 0 Å². The molecule has 1 aliphatic rings. The predicted octanol–water partition coefficient (Wildman–Crippen LogP) is 4.84. The molecule has 0 unspecified atom stereocenters. The van der Waals surface area contributed by atoms with Crippen LogP contribution in [0.3, 0.4) is 0 Å². The van der Waals surface area contributed by atoms with E-state index in [0.29, 0.717) is 0 Å². The summed E-state index contributed by atoms with van der Waals surface area (Å²) in [6, 6.07) is 26.6. The van der Waals surface area contributed by atoms with E-state index in [9.17, 15) is 0 Å². The largest absolute Gasteiger partial charge is 0.378 e. The smallest absolute Gasteiger partial charge is 0.199 e. The highest BCUT2D eigenvalue weighted by molar-refractivity contribution is 6.07. The highest BCUT2D eigenvalue weighted by Gasteiger charge is 2.18. The van der Waals surface area contributed by atoms with Crippen molar-refractivity contribution in [2.45, 2.75) is 0 Å². The number of anilines is 2. The highest BCUT2D eigenvalue weighted by atomic mass is 15.1.